The van der Waals surface area contributed by atoms with Crippen molar-refractivity contribution in [2.45, 2.75) is 31.9 Å². The molecular formula is C10H17N3O3S. The predicted molar refractivity (Wildman–Crippen MR) is 64.4 cm³/mol. The Morgan fingerprint density at radius 2 is 2.00 bits per heavy atom. The fourth-order valence-electron chi connectivity index (χ4n) is 1.91. The molecule has 2 rings (SSSR count). The molecule has 0 bridgehead atoms. The molecule has 1 fully saturated rings. The van der Waals surface area contributed by atoms with Crippen molar-refractivity contribution in [1.82, 2.24) is 10.2 Å². The molecule has 2 N–H and O–H groups in total. The fraction of sp³-hybridized carbons (Fsp3) is 0.700. The van der Waals surface area contributed by atoms with E-state index in [9.17, 15) is 8.42 Å². The van der Waals surface area contributed by atoms with Crippen LogP contribution in [0, 0.1) is 13.8 Å². The number of sulfonamides is 1. The highest BCUT2D eigenvalue weighted by Gasteiger charge is 2.28. The zero-order valence-electron chi connectivity index (χ0n) is 9.99. The molecule has 1 aliphatic rings. The summed E-state index contributed by atoms with van der Waals surface area (Å²) >= 11 is 0. The number of ether oxygens (including phenoxy) is 1. The molecule has 7 heteroatoms. The first-order chi connectivity index (χ1) is 8.00. The number of H-pyrrole nitrogens is 1. The SMILES string of the molecule is Cc1n[nH]c(C)c1NS(=O)(=O)C1CCOCC1. The van der Waals surface area contributed by atoms with Crippen LogP contribution < -0.4 is 4.72 Å². The average molecular weight is 259 g/mol. The highest BCUT2D eigenvalue weighted by atomic mass is 32.2. The number of hydrogen-bond donors (Lipinski definition) is 2. The van der Waals surface area contributed by atoms with Crippen molar-refractivity contribution >= 4 is 15.7 Å². The minimum absolute atomic E-state index is 0.370. The molecule has 96 valence electrons. The van der Waals surface area contributed by atoms with Gasteiger partial charge in [0.1, 0.15) is 0 Å². The van der Waals surface area contributed by atoms with Crippen molar-refractivity contribution < 1.29 is 13.2 Å². The van der Waals surface area contributed by atoms with Gasteiger partial charge in [0.05, 0.1) is 22.3 Å². The number of anilines is 1. The molecule has 2 heterocycles. The summed E-state index contributed by atoms with van der Waals surface area (Å²) in [7, 11) is -3.34. The van der Waals surface area contributed by atoms with E-state index in [1.165, 1.54) is 0 Å². The molecule has 0 radical (unpaired) electrons. The van der Waals surface area contributed by atoms with Crippen LogP contribution in [0.1, 0.15) is 24.2 Å². The third-order valence-electron chi connectivity index (χ3n) is 2.98. The molecule has 1 saturated heterocycles. The molecular weight excluding hydrogens is 242 g/mol. The summed E-state index contributed by atoms with van der Waals surface area (Å²) in [6.45, 7) is 4.58. The van der Waals surface area contributed by atoms with E-state index in [0.717, 1.165) is 5.69 Å². The van der Waals surface area contributed by atoms with Crippen molar-refractivity contribution in [3.05, 3.63) is 11.4 Å². The molecule has 1 aromatic heterocycles. The first-order valence-corrected chi connectivity index (χ1v) is 7.16. The van der Waals surface area contributed by atoms with Crippen molar-refractivity contribution in [3.63, 3.8) is 0 Å². The van der Waals surface area contributed by atoms with Gasteiger partial charge in [0.2, 0.25) is 10.0 Å². The maximum absolute atomic E-state index is 12.1. The summed E-state index contributed by atoms with van der Waals surface area (Å²) < 4.78 is 32.1. The third kappa shape index (κ3) is 2.61. The second-order valence-electron chi connectivity index (χ2n) is 4.27. The van der Waals surface area contributed by atoms with E-state index >= 15 is 0 Å². The lowest BCUT2D eigenvalue weighted by Crippen LogP contribution is -2.33. The summed E-state index contributed by atoms with van der Waals surface area (Å²) in [5.41, 5.74) is 1.97. The van der Waals surface area contributed by atoms with Gasteiger partial charge < -0.3 is 4.74 Å². The molecule has 1 aromatic rings. The molecule has 0 amide bonds. The second-order valence-corrected chi connectivity index (χ2v) is 6.23. The molecule has 6 nitrogen and oxygen atoms in total. The van der Waals surface area contributed by atoms with Gasteiger partial charge in [0.15, 0.2) is 0 Å². The largest absolute Gasteiger partial charge is 0.381 e. The normalized spacial score (nSPS) is 18.2. The van der Waals surface area contributed by atoms with Gasteiger partial charge >= 0.3 is 0 Å². The van der Waals surface area contributed by atoms with Crippen LogP contribution in [-0.2, 0) is 14.8 Å². The number of aryl methyl sites for hydroxylation is 2. The number of rotatable bonds is 3. The lowest BCUT2D eigenvalue weighted by Gasteiger charge is -2.22. The lowest BCUT2D eigenvalue weighted by atomic mass is 10.2. The Hall–Kier alpha value is -1.08. The first kappa shape index (κ1) is 12.4. The van der Waals surface area contributed by atoms with Crippen LogP contribution in [0.5, 0.6) is 0 Å². The van der Waals surface area contributed by atoms with E-state index in [1.54, 1.807) is 13.8 Å². The van der Waals surface area contributed by atoms with E-state index < -0.39 is 10.0 Å². The highest BCUT2D eigenvalue weighted by molar-refractivity contribution is 7.93. The van der Waals surface area contributed by atoms with Crippen LogP contribution in [0.2, 0.25) is 0 Å². The van der Waals surface area contributed by atoms with E-state index in [1.807, 2.05) is 0 Å². The molecule has 17 heavy (non-hydrogen) atoms. The monoisotopic (exact) mass is 259 g/mol. The summed E-state index contributed by atoms with van der Waals surface area (Å²) in [6, 6.07) is 0. The quantitative estimate of drug-likeness (QED) is 0.846. The lowest BCUT2D eigenvalue weighted by molar-refractivity contribution is 0.0984. The molecule has 0 spiro atoms. The minimum atomic E-state index is -3.34. The Labute approximate surface area is 101 Å². The summed E-state index contributed by atoms with van der Waals surface area (Å²) in [6.07, 6.45) is 1.09. The summed E-state index contributed by atoms with van der Waals surface area (Å²) in [5.74, 6) is 0. The van der Waals surface area contributed by atoms with Gasteiger partial charge in [0, 0.05) is 13.2 Å². The first-order valence-electron chi connectivity index (χ1n) is 5.61. The topological polar surface area (TPSA) is 84.1 Å². The maximum Gasteiger partial charge on any atom is 0.235 e. The predicted octanol–water partition coefficient (Wildman–Crippen LogP) is 0.947. The Morgan fingerprint density at radius 1 is 1.35 bits per heavy atom. The molecule has 0 atom stereocenters. The number of hydrogen-bond acceptors (Lipinski definition) is 4. The van der Waals surface area contributed by atoms with E-state index in [-0.39, 0.29) is 5.25 Å². The van der Waals surface area contributed by atoms with Gasteiger partial charge in [-0.05, 0) is 26.7 Å². The van der Waals surface area contributed by atoms with Gasteiger partial charge in [-0.15, -0.1) is 0 Å². The Balaban J connectivity index is 2.17. The molecule has 0 saturated carbocycles. The Kier molecular flexibility index (Phi) is 3.39. The van der Waals surface area contributed by atoms with Crippen molar-refractivity contribution in [2.75, 3.05) is 17.9 Å². The van der Waals surface area contributed by atoms with Crippen LogP contribution in [-0.4, -0.2) is 37.1 Å². The summed E-state index contributed by atoms with van der Waals surface area (Å²) in [4.78, 5) is 0. The van der Waals surface area contributed by atoms with Crippen LogP contribution in [0.25, 0.3) is 0 Å². The fourth-order valence-corrected chi connectivity index (χ4v) is 3.48. The van der Waals surface area contributed by atoms with Crippen molar-refractivity contribution in [3.8, 4) is 0 Å². The molecule has 0 unspecified atom stereocenters. The van der Waals surface area contributed by atoms with E-state index in [0.29, 0.717) is 37.4 Å². The number of nitrogens with zero attached hydrogens (tertiary/aromatic N) is 1. The van der Waals surface area contributed by atoms with E-state index in [2.05, 4.69) is 14.9 Å². The average Bonchev–Trinajstić information content (AvgIpc) is 2.62. The minimum Gasteiger partial charge on any atom is -0.381 e. The molecule has 0 aliphatic carbocycles. The Morgan fingerprint density at radius 3 is 2.53 bits per heavy atom. The van der Waals surface area contributed by atoms with Crippen LogP contribution >= 0.6 is 0 Å². The zero-order chi connectivity index (χ0) is 12.5. The number of aromatic nitrogens is 2. The van der Waals surface area contributed by atoms with Gasteiger partial charge in [-0.25, -0.2) is 8.42 Å². The van der Waals surface area contributed by atoms with Gasteiger partial charge in [-0.1, -0.05) is 0 Å². The van der Waals surface area contributed by atoms with Crippen LogP contribution in [0.4, 0.5) is 5.69 Å². The maximum atomic E-state index is 12.1. The number of nitrogens with one attached hydrogen (secondary N) is 2. The van der Waals surface area contributed by atoms with Gasteiger partial charge in [-0.2, -0.15) is 5.10 Å². The van der Waals surface area contributed by atoms with Crippen LogP contribution in [0.15, 0.2) is 0 Å². The van der Waals surface area contributed by atoms with E-state index in [4.69, 9.17) is 4.74 Å². The standard InChI is InChI=1S/C10H17N3O3S/c1-7-10(8(2)12-11-7)13-17(14,15)9-3-5-16-6-4-9/h9,13H,3-6H2,1-2H3,(H,11,12). The summed E-state index contributed by atoms with van der Waals surface area (Å²) in [5, 5.41) is 6.36. The molecule has 0 aromatic carbocycles. The van der Waals surface area contributed by atoms with Crippen molar-refractivity contribution in [2.24, 2.45) is 0 Å². The van der Waals surface area contributed by atoms with Crippen molar-refractivity contribution in [1.29, 1.82) is 0 Å². The zero-order valence-corrected chi connectivity index (χ0v) is 10.8. The van der Waals surface area contributed by atoms with Gasteiger partial charge in [-0.3, -0.25) is 9.82 Å². The second kappa shape index (κ2) is 4.66. The Bertz CT molecular complexity index is 469. The van der Waals surface area contributed by atoms with Gasteiger partial charge in [0.25, 0.3) is 0 Å². The third-order valence-corrected chi connectivity index (χ3v) is 4.82. The molecule has 1 aliphatic heterocycles. The van der Waals surface area contributed by atoms with Crippen LogP contribution in [0.3, 0.4) is 0 Å². The number of aromatic amines is 1. The smallest absolute Gasteiger partial charge is 0.235 e. The highest BCUT2D eigenvalue weighted by Crippen LogP contribution is 2.22.